The van der Waals surface area contributed by atoms with Gasteiger partial charge in [-0.25, -0.2) is 0 Å². The minimum absolute atomic E-state index is 0.0426. The van der Waals surface area contributed by atoms with Gasteiger partial charge in [0.2, 0.25) is 0 Å². The van der Waals surface area contributed by atoms with Gasteiger partial charge in [-0.2, -0.15) is 0 Å². The molecule has 0 aliphatic heterocycles. The van der Waals surface area contributed by atoms with E-state index in [1.165, 1.54) is 12.8 Å². The fourth-order valence-electron chi connectivity index (χ4n) is 0.905. The molecule has 0 spiro atoms. The standard InChI is InChI=1S/C9H19BrO2/c1-3-11-9(2)12-8-6-4-5-7-10/h9H,3-8H2,1-2H3. The summed E-state index contributed by atoms with van der Waals surface area (Å²) in [5, 5.41) is 1.09. The van der Waals surface area contributed by atoms with Crippen molar-refractivity contribution < 1.29 is 9.47 Å². The van der Waals surface area contributed by atoms with E-state index in [1.807, 2.05) is 13.8 Å². The minimum Gasteiger partial charge on any atom is -0.353 e. The molecular formula is C9H19BrO2. The van der Waals surface area contributed by atoms with Crippen molar-refractivity contribution in [1.29, 1.82) is 0 Å². The lowest BCUT2D eigenvalue weighted by atomic mass is 10.3. The second kappa shape index (κ2) is 9.49. The first kappa shape index (κ1) is 12.4. The summed E-state index contributed by atoms with van der Waals surface area (Å²) in [7, 11) is 0. The van der Waals surface area contributed by atoms with Crippen molar-refractivity contribution in [3.63, 3.8) is 0 Å². The van der Waals surface area contributed by atoms with Crippen molar-refractivity contribution in [2.45, 2.75) is 39.4 Å². The Balaban J connectivity index is 2.97. The van der Waals surface area contributed by atoms with E-state index in [1.54, 1.807) is 0 Å². The second-order valence-electron chi connectivity index (χ2n) is 2.64. The van der Waals surface area contributed by atoms with E-state index >= 15 is 0 Å². The van der Waals surface area contributed by atoms with Crippen LogP contribution >= 0.6 is 15.9 Å². The number of rotatable bonds is 8. The van der Waals surface area contributed by atoms with Gasteiger partial charge in [0, 0.05) is 18.5 Å². The lowest BCUT2D eigenvalue weighted by Crippen LogP contribution is -2.13. The van der Waals surface area contributed by atoms with Gasteiger partial charge in [-0.3, -0.25) is 0 Å². The van der Waals surface area contributed by atoms with Crippen LogP contribution in [0.4, 0.5) is 0 Å². The summed E-state index contributed by atoms with van der Waals surface area (Å²) < 4.78 is 10.6. The van der Waals surface area contributed by atoms with Crippen LogP contribution in [0.25, 0.3) is 0 Å². The summed E-state index contributed by atoms with van der Waals surface area (Å²) >= 11 is 3.39. The fourth-order valence-corrected chi connectivity index (χ4v) is 1.30. The van der Waals surface area contributed by atoms with Crippen LogP contribution in [0, 0.1) is 0 Å². The zero-order valence-electron chi connectivity index (χ0n) is 8.01. The Morgan fingerprint density at radius 3 is 2.50 bits per heavy atom. The fraction of sp³-hybridized carbons (Fsp3) is 1.00. The molecule has 1 unspecified atom stereocenters. The van der Waals surface area contributed by atoms with E-state index in [0.29, 0.717) is 0 Å². The number of unbranched alkanes of at least 4 members (excludes halogenated alkanes) is 2. The predicted molar refractivity (Wildman–Crippen MR) is 54.7 cm³/mol. The largest absolute Gasteiger partial charge is 0.353 e. The van der Waals surface area contributed by atoms with Gasteiger partial charge in [0.15, 0.2) is 6.29 Å². The quantitative estimate of drug-likeness (QED) is 0.368. The van der Waals surface area contributed by atoms with E-state index in [4.69, 9.17) is 9.47 Å². The zero-order valence-corrected chi connectivity index (χ0v) is 9.60. The van der Waals surface area contributed by atoms with Gasteiger partial charge >= 0.3 is 0 Å². The van der Waals surface area contributed by atoms with Crippen LogP contribution in [-0.2, 0) is 9.47 Å². The van der Waals surface area contributed by atoms with Crippen LogP contribution < -0.4 is 0 Å². The van der Waals surface area contributed by atoms with Crippen LogP contribution in [0.3, 0.4) is 0 Å². The van der Waals surface area contributed by atoms with Crippen LogP contribution in [0.1, 0.15) is 33.1 Å². The third-order valence-corrected chi connectivity index (χ3v) is 2.09. The number of halogens is 1. The molecule has 74 valence electrons. The van der Waals surface area contributed by atoms with Gasteiger partial charge in [0.1, 0.15) is 0 Å². The molecule has 3 heteroatoms. The molecule has 0 N–H and O–H groups in total. The molecule has 0 heterocycles. The molecule has 0 aliphatic rings. The topological polar surface area (TPSA) is 18.5 Å². The monoisotopic (exact) mass is 238 g/mol. The van der Waals surface area contributed by atoms with Gasteiger partial charge in [-0.15, -0.1) is 0 Å². The van der Waals surface area contributed by atoms with E-state index < -0.39 is 0 Å². The van der Waals surface area contributed by atoms with Crippen LogP contribution in [-0.4, -0.2) is 24.8 Å². The Morgan fingerprint density at radius 2 is 1.92 bits per heavy atom. The average molecular weight is 239 g/mol. The summed E-state index contributed by atoms with van der Waals surface area (Å²) in [6, 6.07) is 0. The van der Waals surface area contributed by atoms with Gasteiger partial charge < -0.3 is 9.47 Å². The lowest BCUT2D eigenvalue weighted by Gasteiger charge is -2.12. The predicted octanol–water partition coefficient (Wildman–Crippen LogP) is 2.95. The van der Waals surface area contributed by atoms with Crippen molar-refractivity contribution >= 4 is 15.9 Å². The Bertz CT molecular complexity index is 88.6. The molecule has 0 aromatic rings. The SMILES string of the molecule is CCOC(C)OCCCCCBr. The number of ether oxygens (including phenoxy) is 2. The molecule has 1 atom stereocenters. The Hall–Kier alpha value is 0.400. The van der Waals surface area contributed by atoms with Crippen molar-refractivity contribution in [3.05, 3.63) is 0 Å². The van der Waals surface area contributed by atoms with E-state index in [9.17, 15) is 0 Å². The maximum absolute atomic E-state index is 5.39. The molecule has 0 fully saturated rings. The van der Waals surface area contributed by atoms with Crippen LogP contribution in [0.2, 0.25) is 0 Å². The highest BCUT2D eigenvalue weighted by atomic mass is 79.9. The average Bonchev–Trinajstić information content (AvgIpc) is 2.05. The number of hydrogen-bond acceptors (Lipinski definition) is 2. The van der Waals surface area contributed by atoms with Gasteiger partial charge in [-0.1, -0.05) is 22.4 Å². The molecule has 0 aliphatic carbocycles. The first-order valence-corrected chi connectivity index (χ1v) is 5.72. The van der Waals surface area contributed by atoms with Crippen molar-refractivity contribution in [2.75, 3.05) is 18.5 Å². The van der Waals surface area contributed by atoms with Crippen molar-refractivity contribution in [3.8, 4) is 0 Å². The normalized spacial score (nSPS) is 13.2. The Morgan fingerprint density at radius 1 is 1.17 bits per heavy atom. The summed E-state index contributed by atoms with van der Waals surface area (Å²) in [5.41, 5.74) is 0. The minimum atomic E-state index is -0.0426. The first-order chi connectivity index (χ1) is 5.81. The van der Waals surface area contributed by atoms with E-state index in [2.05, 4.69) is 15.9 Å². The number of hydrogen-bond donors (Lipinski definition) is 0. The maximum Gasteiger partial charge on any atom is 0.154 e. The van der Waals surface area contributed by atoms with E-state index in [-0.39, 0.29) is 6.29 Å². The van der Waals surface area contributed by atoms with Gasteiger partial charge in [-0.05, 0) is 26.7 Å². The summed E-state index contributed by atoms with van der Waals surface area (Å²) in [6.07, 6.45) is 3.54. The molecule has 0 bridgehead atoms. The summed E-state index contributed by atoms with van der Waals surface area (Å²) in [6.45, 7) is 5.45. The molecule has 0 radical (unpaired) electrons. The second-order valence-corrected chi connectivity index (χ2v) is 3.44. The molecule has 0 rings (SSSR count). The van der Waals surface area contributed by atoms with Gasteiger partial charge in [0.05, 0.1) is 0 Å². The molecule has 0 amide bonds. The summed E-state index contributed by atoms with van der Waals surface area (Å²) in [4.78, 5) is 0. The molecule has 0 saturated heterocycles. The van der Waals surface area contributed by atoms with Crippen molar-refractivity contribution in [2.24, 2.45) is 0 Å². The molecule has 0 aromatic heterocycles. The Labute approximate surface area is 83.8 Å². The van der Waals surface area contributed by atoms with Crippen LogP contribution in [0.5, 0.6) is 0 Å². The molecular weight excluding hydrogens is 220 g/mol. The summed E-state index contributed by atoms with van der Waals surface area (Å²) in [5.74, 6) is 0. The smallest absolute Gasteiger partial charge is 0.154 e. The highest BCUT2D eigenvalue weighted by molar-refractivity contribution is 9.09. The van der Waals surface area contributed by atoms with Gasteiger partial charge in [0.25, 0.3) is 0 Å². The third-order valence-electron chi connectivity index (χ3n) is 1.53. The molecule has 0 aromatic carbocycles. The first-order valence-electron chi connectivity index (χ1n) is 4.60. The highest BCUT2D eigenvalue weighted by Gasteiger charge is 1.98. The number of alkyl halides is 1. The third kappa shape index (κ3) is 8.50. The van der Waals surface area contributed by atoms with E-state index in [0.717, 1.165) is 25.0 Å². The Kier molecular flexibility index (Phi) is 9.80. The highest BCUT2D eigenvalue weighted by Crippen LogP contribution is 2.01. The lowest BCUT2D eigenvalue weighted by molar-refractivity contribution is -0.127. The van der Waals surface area contributed by atoms with Crippen LogP contribution in [0.15, 0.2) is 0 Å². The zero-order chi connectivity index (χ0) is 9.23. The van der Waals surface area contributed by atoms with Crippen molar-refractivity contribution in [1.82, 2.24) is 0 Å². The molecule has 0 saturated carbocycles. The molecule has 12 heavy (non-hydrogen) atoms. The molecule has 2 nitrogen and oxygen atoms in total. The maximum atomic E-state index is 5.39.